The Morgan fingerprint density at radius 3 is 2.50 bits per heavy atom. The summed E-state index contributed by atoms with van der Waals surface area (Å²) in [6.45, 7) is 5.63. The van der Waals surface area contributed by atoms with Crippen LogP contribution in [0.5, 0.6) is 0 Å². The summed E-state index contributed by atoms with van der Waals surface area (Å²) in [5.74, 6) is -1.71. The molecule has 1 aromatic carbocycles. The monoisotopic (exact) mass is 467 g/mol. The highest BCUT2D eigenvalue weighted by Gasteiger charge is 2.29. The molecule has 0 spiro atoms. The fourth-order valence-electron chi connectivity index (χ4n) is 3.30. The zero-order valence-electron chi connectivity index (χ0n) is 19.2. The Bertz CT molecular complexity index is 1080. The molecule has 10 nitrogen and oxygen atoms in total. The Morgan fingerprint density at radius 2 is 1.85 bits per heavy atom. The number of rotatable bonds is 8. The summed E-state index contributed by atoms with van der Waals surface area (Å²) in [7, 11) is 0. The second kappa shape index (κ2) is 12.3. The van der Waals surface area contributed by atoms with Crippen LogP contribution in [0.1, 0.15) is 26.7 Å². The number of anilines is 1. The number of fused-ring (bicyclic) bond motifs is 1. The maximum atomic E-state index is 12.4. The summed E-state index contributed by atoms with van der Waals surface area (Å²) < 4.78 is 0. The quantitative estimate of drug-likeness (QED) is 0.428. The molecule has 180 valence electrons. The molecular formula is C24H29N5O5. The highest BCUT2D eigenvalue weighted by Crippen LogP contribution is 2.17. The molecule has 0 saturated carbocycles. The van der Waals surface area contributed by atoms with Gasteiger partial charge in [-0.2, -0.15) is 5.26 Å². The first kappa shape index (κ1) is 26.3. The largest absolute Gasteiger partial charge is 0.478 e. The van der Waals surface area contributed by atoms with Gasteiger partial charge in [0.1, 0.15) is 11.9 Å². The number of carboxylic acids is 2. The van der Waals surface area contributed by atoms with Gasteiger partial charge in [-0.1, -0.05) is 18.2 Å². The van der Waals surface area contributed by atoms with Crippen molar-refractivity contribution in [3.63, 3.8) is 0 Å². The van der Waals surface area contributed by atoms with E-state index in [1.54, 1.807) is 4.90 Å². The van der Waals surface area contributed by atoms with Crippen LogP contribution in [0.25, 0.3) is 10.9 Å². The number of nitrogens with one attached hydrogen (secondary N) is 2. The number of carbonyl (C=O) groups excluding carboxylic acids is 1. The molecule has 34 heavy (non-hydrogen) atoms. The van der Waals surface area contributed by atoms with Gasteiger partial charge in [0, 0.05) is 36.2 Å². The van der Waals surface area contributed by atoms with Gasteiger partial charge < -0.3 is 25.7 Å². The first-order chi connectivity index (χ1) is 16.1. The van der Waals surface area contributed by atoms with Crippen molar-refractivity contribution in [2.45, 2.75) is 38.3 Å². The molecule has 1 saturated heterocycles. The molecule has 1 amide bonds. The van der Waals surface area contributed by atoms with Crippen LogP contribution >= 0.6 is 0 Å². The standard InChI is InChI=1S/C20H25N5O.C4H4O4/c1-20(2,23-13-19(26)25-11-5-7-16(25)12-21)14-22-18-10-9-15-6-3-4-8-17(15)24-18;5-3(6)1-2-4(7)8/h3-4,6,8-10,16,23H,5,7,11,13-14H2,1-2H3,(H,22,24);1-2H,(H,5,6)(H,7,8)/b;2-1+/t16-;/m0./s1. The summed E-state index contributed by atoms with van der Waals surface area (Å²) >= 11 is 0. The number of hydrogen-bond acceptors (Lipinski definition) is 7. The fourth-order valence-corrected chi connectivity index (χ4v) is 3.30. The van der Waals surface area contributed by atoms with E-state index in [0.717, 1.165) is 29.6 Å². The number of amides is 1. The Kier molecular flexibility index (Phi) is 9.52. The highest BCUT2D eigenvalue weighted by molar-refractivity contribution is 5.89. The number of carbonyl (C=O) groups is 3. The van der Waals surface area contributed by atoms with Crippen LogP contribution in [-0.4, -0.2) is 69.2 Å². The Labute approximate surface area is 197 Å². The number of hydrogen-bond donors (Lipinski definition) is 4. The van der Waals surface area contributed by atoms with E-state index >= 15 is 0 Å². The number of likely N-dealkylation sites (tertiary alicyclic amines) is 1. The molecule has 1 aliphatic heterocycles. The lowest BCUT2D eigenvalue weighted by molar-refractivity contribution is -0.134. The summed E-state index contributed by atoms with van der Waals surface area (Å²) in [5.41, 5.74) is 0.667. The second-order valence-corrected chi connectivity index (χ2v) is 8.36. The minimum Gasteiger partial charge on any atom is -0.478 e. The number of carboxylic acid groups (broad SMARTS) is 2. The predicted octanol–water partition coefficient (Wildman–Crippen LogP) is 2.24. The lowest BCUT2D eigenvalue weighted by Gasteiger charge is -2.28. The zero-order chi connectivity index (χ0) is 25.1. The van der Waals surface area contributed by atoms with E-state index < -0.39 is 11.9 Å². The third-order valence-electron chi connectivity index (χ3n) is 5.12. The number of nitriles is 1. The van der Waals surface area contributed by atoms with Gasteiger partial charge in [-0.05, 0) is 44.9 Å². The molecule has 10 heteroatoms. The topological polar surface area (TPSA) is 156 Å². The van der Waals surface area contributed by atoms with Gasteiger partial charge in [0.05, 0.1) is 18.1 Å². The van der Waals surface area contributed by atoms with Crippen molar-refractivity contribution in [1.82, 2.24) is 15.2 Å². The van der Waals surface area contributed by atoms with Crippen LogP contribution in [0, 0.1) is 11.3 Å². The number of nitrogens with zero attached hydrogens (tertiary/aromatic N) is 3. The summed E-state index contributed by atoms with van der Waals surface area (Å²) in [6.07, 6.45) is 2.80. The second-order valence-electron chi connectivity index (χ2n) is 8.36. The maximum absolute atomic E-state index is 12.4. The van der Waals surface area contributed by atoms with E-state index in [1.165, 1.54) is 0 Å². The number of pyridine rings is 1. The van der Waals surface area contributed by atoms with Crippen molar-refractivity contribution in [2.75, 3.05) is 25.0 Å². The SMILES string of the molecule is CC(C)(CNc1ccc2ccccc2n1)NCC(=O)N1CCC[C@H]1C#N.O=C(O)/C=C/C(=O)O. The van der Waals surface area contributed by atoms with E-state index in [4.69, 9.17) is 15.5 Å². The molecule has 0 aliphatic carbocycles. The molecular weight excluding hydrogens is 438 g/mol. The van der Waals surface area contributed by atoms with Crippen LogP contribution in [0.15, 0.2) is 48.6 Å². The third kappa shape index (κ3) is 8.52. The van der Waals surface area contributed by atoms with Crippen LogP contribution < -0.4 is 10.6 Å². The molecule has 1 fully saturated rings. The Balaban J connectivity index is 0.000000440. The van der Waals surface area contributed by atoms with Crippen molar-refractivity contribution >= 4 is 34.6 Å². The van der Waals surface area contributed by atoms with E-state index in [9.17, 15) is 14.4 Å². The van der Waals surface area contributed by atoms with E-state index in [-0.39, 0.29) is 24.0 Å². The molecule has 1 atom stereocenters. The van der Waals surface area contributed by atoms with Gasteiger partial charge in [0.25, 0.3) is 0 Å². The molecule has 1 aliphatic rings. The summed E-state index contributed by atoms with van der Waals surface area (Å²) in [4.78, 5) is 37.8. The number of para-hydroxylation sites is 1. The number of aromatic nitrogens is 1. The van der Waals surface area contributed by atoms with E-state index in [1.807, 2.05) is 50.2 Å². The van der Waals surface area contributed by atoms with Crippen molar-refractivity contribution in [3.05, 3.63) is 48.6 Å². The van der Waals surface area contributed by atoms with Crippen molar-refractivity contribution in [2.24, 2.45) is 0 Å². The minimum absolute atomic E-state index is 0.00837. The van der Waals surface area contributed by atoms with Crippen LogP contribution in [0.4, 0.5) is 5.82 Å². The summed E-state index contributed by atoms with van der Waals surface area (Å²) in [6, 6.07) is 14.0. The van der Waals surface area contributed by atoms with Gasteiger partial charge in [-0.25, -0.2) is 14.6 Å². The fraction of sp³-hybridized carbons (Fsp3) is 0.375. The highest BCUT2D eigenvalue weighted by atomic mass is 16.4. The van der Waals surface area contributed by atoms with Gasteiger partial charge in [0.2, 0.25) is 5.91 Å². The number of aliphatic carboxylic acids is 2. The van der Waals surface area contributed by atoms with Gasteiger partial charge in [-0.3, -0.25) is 4.79 Å². The third-order valence-corrected chi connectivity index (χ3v) is 5.12. The first-order valence-electron chi connectivity index (χ1n) is 10.8. The lowest BCUT2D eigenvalue weighted by atomic mass is 10.1. The summed E-state index contributed by atoms with van der Waals surface area (Å²) in [5, 5.41) is 32.5. The molecule has 0 bridgehead atoms. The molecule has 4 N–H and O–H groups in total. The average molecular weight is 468 g/mol. The van der Waals surface area contributed by atoms with Crippen LogP contribution in [0.3, 0.4) is 0 Å². The average Bonchev–Trinajstić information content (AvgIpc) is 3.29. The Hall–Kier alpha value is -3.97. The molecule has 2 heterocycles. The first-order valence-corrected chi connectivity index (χ1v) is 10.8. The van der Waals surface area contributed by atoms with Crippen molar-refractivity contribution in [3.8, 4) is 6.07 Å². The minimum atomic E-state index is -1.26. The van der Waals surface area contributed by atoms with Crippen LogP contribution in [0.2, 0.25) is 0 Å². The normalized spacial score (nSPS) is 15.4. The van der Waals surface area contributed by atoms with Gasteiger partial charge in [-0.15, -0.1) is 0 Å². The molecule has 2 aromatic rings. The van der Waals surface area contributed by atoms with Crippen molar-refractivity contribution < 1.29 is 24.6 Å². The molecule has 1 aromatic heterocycles. The van der Waals surface area contributed by atoms with E-state index in [2.05, 4.69) is 21.7 Å². The van der Waals surface area contributed by atoms with E-state index in [0.29, 0.717) is 25.2 Å². The van der Waals surface area contributed by atoms with Gasteiger partial charge in [0.15, 0.2) is 0 Å². The maximum Gasteiger partial charge on any atom is 0.328 e. The number of benzene rings is 1. The predicted molar refractivity (Wildman–Crippen MR) is 127 cm³/mol. The smallest absolute Gasteiger partial charge is 0.328 e. The lowest BCUT2D eigenvalue weighted by Crippen LogP contribution is -2.50. The van der Waals surface area contributed by atoms with Gasteiger partial charge >= 0.3 is 11.9 Å². The Morgan fingerprint density at radius 1 is 1.18 bits per heavy atom. The zero-order valence-corrected chi connectivity index (χ0v) is 19.2. The molecule has 3 rings (SSSR count). The molecule has 0 radical (unpaired) electrons. The van der Waals surface area contributed by atoms with Crippen molar-refractivity contribution in [1.29, 1.82) is 5.26 Å². The van der Waals surface area contributed by atoms with Crippen LogP contribution in [-0.2, 0) is 14.4 Å². The molecule has 0 unspecified atom stereocenters.